The molecule has 0 aliphatic carbocycles. The van der Waals surface area contributed by atoms with Gasteiger partial charge < -0.3 is 10.2 Å². The fourth-order valence-corrected chi connectivity index (χ4v) is 2.60. The summed E-state index contributed by atoms with van der Waals surface area (Å²) in [7, 11) is 0. The molecule has 2 rings (SSSR count). The van der Waals surface area contributed by atoms with Crippen LogP contribution in [-0.2, 0) is 9.59 Å². The molecule has 4 nitrogen and oxygen atoms in total. The van der Waals surface area contributed by atoms with Crippen molar-refractivity contribution in [2.75, 3.05) is 23.9 Å². The van der Waals surface area contributed by atoms with E-state index in [2.05, 4.69) is 5.32 Å². The fourth-order valence-electron chi connectivity index (χ4n) is 2.47. The highest BCUT2D eigenvalue weighted by Crippen LogP contribution is 2.24. The van der Waals surface area contributed by atoms with Gasteiger partial charge >= 0.3 is 0 Å². The Hall–Kier alpha value is -1.55. The number of carbonyl (C=O) groups excluding carboxylic acids is 2. The van der Waals surface area contributed by atoms with Crippen molar-refractivity contribution in [3.05, 3.63) is 29.8 Å². The molecule has 1 unspecified atom stereocenters. The van der Waals surface area contributed by atoms with Gasteiger partial charge in [-0.1, -0.05) is 17.7 Å². The van der Waals surface area contributed by atoms with Gasteiger partial charge in [-0.15, -0.1) is 11.6 Å². The van der Waals surface area contributed by atoms with Crippen LogP contribution in [0.3, 0.4) is 0 Å². The second-order valence-electron chi connectivity index (χ2n) is 5.51. The zero-order valence-corrected chi connectivity index (χ0v) is 13.0. The summed E-state index contributed by atoms with van der Waals surface area (Å²) in [5, 5.41) is 2.88. The van der Waals surface area contributed by atoms with Gasteiger partial charge in [0.05, 0.1) is 0 Å². The molecule has 0 radical (unpaired) electrons. The Morgan fingerprint density at radius 2 is 2.10 bits per heavy atom. The molecule has 21 heavy (non-hydrogen) atoms. The van der Waals surface area contributed by atoms with Crippen molar-refractivity contribution in [3.8, 4) is 0 Å². The van der Waals surface area contributed by atoms with Crippen LogP contribution in [0.2, 0.25) is 0 Å². The Bertz CT molecular complexity index is 502. The summed E-state index contributed by atoms with van der Waals surface area (Å²) < 4.78 is 0. The van der Waals surface area contributed by atoms with Gasteiger partial charge in [-0.2, -0.15) is 0 Å². The molecule has 1 fully saturated rings. The molecule has 1 atom stereocenters. The number of hydrogen-bond donors (Lipinski definition) is 1. The molecule has 1 N–H and O–H groups in total. The van der Waals surface area contributed by atoms with E-state index in [4.69, 9.17) is 11.6 Å². The molecule has 0 bridgehead atoms. The van der Waals surface area contributed by atoms with Crippen LogP contribution in [0.4, 0.5) is 5.69 Å². The summed E-state index contributed by atoms with van der Waals surface area (Å²) in [5.74, 6) is 0.811. The number of hydrogen-bond acceptors (Lipinski definition) is 2. The number of halogens is 1. The molecule has 1 heterocycles. The first-order valence-electron chi connectivity index (χ1n) is 7.30. The highest BCUT2D eigenvalue weighted by atomic mass is 35.5. The zero-order chi connectivity index (χ0) is 15.2. The van der Waals surface area contributed by atoms with Crippen LogP contribution in [0.1, 0.15) is 24.8 Å². The van der Waals surface area contributed by atoms with Gasteiger partial charge in [0.25, 0.3) is 0 Å². The van der Waals surface area contributed by atoms with Crippen LogP contribution in [0, 0.1) is 12.8 Å². The first-order chi connectivity index (χ1) is 10.1. The lowest BCUT2D eigenvalue weighted by Gasteiger charge is -2.17. The van der Waals surface area contributed by atoms with E-state index in [9.17, 15) is 9.59 Å². The van der Waals surface area contributed by atoms with Crippen LogP contribution >= 0.6 is 11.6 Å². The lowest BCUT2D eigenvalue weighted by Crippen LogP contribution is -2.31. The van der Waals surface area contributed by atoms with E-state index in [1.807, 2.05) is 31.2 Å². The lowest BCUT2D eigenvalue weighted by atomic mass is 10.1. The molecule has 5 heteroatoms. The van der Waals surface area contributed by atoms with E-state index < -0.39 is 0 Å². The molecule has 0 saturated carbocycles. The fraction of sp³-hybridized carbons (Fsp3) is 0.500. The van der Waals surface area contributed by atoms with Gasteiger partial charge in [-0.3, -0.25) is 9.59 Å². The Labute approximate surface area is 130 Å². The second kappa shape index (κ2) is 7.46. The normalized spacial score (nSPS) is 18.1. The minimum absolute atomic E-state index is 0.0110. The molecule has 0 aromatic heterocycles. The smallest absolute Gasteiger partial charge is 0.227 e. The first kappa shape index (κ1) is 15.8. The zero-order valence-electron chi connectivity index (χ0n) is 12.3. The molecule has 1 aromatic carbocycles. The SMILES string of the molecule is Cc1ccc(N2CC(CNC(=O)CCCCl)CC2=O)cc1. The van der Waals surface area contributed by atoms with Gasteiger partial charge in [0.15, 0.2) is 0 Å². The maximum Gasteiger partial charge on any atom is 0.227 e. The first-order valence-corrected chi connectivity index (χ1v) is 7.83. The number of carbonyl (C=O) groups is 2. The van der Waals surface area contributed by atoms with Crippen LogP contribution in [0.5, 0.6) is 0 Å². The summed E-state index contributed by atoms with van der Waals surface area (Å²) in [6.07, 6.45) is 1.63. The van der Waals surface area contributed by atoms with Crippen LogP contribution in [0.25, 0.3) is 0 Å². The molecular formula is C16H21ClN2O2. The Morgan fingerprint density at radius 1 is 1.38 bits per heavy atom. The molecule has 1 saturated heterocycles. The maximum absolute atomic E-state index is 12.1. The topological polar surface area (TPSA) is 49.4 Å². The van der Waals surface area contributed by atoms with Crippen LogP contribution in [0.15, 0.2) is 24.3 Å². The number of amides is 2. The molecule has 0 spiro atoms. The Kier molecular flexibility index (Phi) is 5.62. The number of nitrogens with one attached hydrogen (secondary N) is 1. The van der Waals surface area contributed by atoms with E-state index in [-0.39, 0.29) is 17.7 Å². The van der Waals surface area contributed by atoms with Crippen molar-refractivity contribution in [3.63, 3.8) is 0 Å². The Morgan fingerprint density at radius 3 is 2.76 bits per heavy atom. The molecule has 114 valence electrons. The summed E-state index contributed by atoms with van der Waals surface area (Å²) in [6.45, 7) is 3.24. The second-order valence-corrected chi connectivity index (χ2v) is 5.88. The van der Waals surface area contributed by atoms with E-state index in [0.29, 0.717) is 38.2 Å². The van der Waals surface area contributed by atoms with E-state index in [0.717, 1.165) is 5.69 Å². The van der Waals surface area contributed by atoms with Crippen molar-refractivity contribution in [2.45, 2.75) is 26.2 Å². The summed E-state index contributed by atoms with van der Waals surface area (Å²) in [5.41, 5.74) is 2.11. The molecule has 1 aliphatic heterocycles. The third-order valence-corrected chi connectivity index (χ3v) is 3.94. The van der Waals surface area contributed by atoms with Gasteiger partial charge in [0.1, 0.15) is 0 Å². The molecule has 1 aromatic rings. The predicted octanol–water partition coefficient (Wildman–Crippen LogP) is 2.48. The van der Waals surface area contributed by atoms with E-state index in [1.54, 1.807) is 4.90 Å². The van der Waals surface area contributed by atoms with Crippen LogP contribution in [-0.4, -0.2) is 30.8 Å². The lowest BCUT2D eigenvalue weighted by molar-refractivity contribution is -0.121. The minimum Gasteiger partial charge on any atom is -0.356 e. The van der Waals surface area contributed by atoms with Gasteiger partial charge in [-0.25, -0.2) is 0 Å². The van der Waals surface area contributed by atoms with Crippen molar-refractivity contribution >= 4 is 29.1 Å². The molecule has 2 amide bonds. The van der Waals surface area contributed by atoms with Gasteiger partial charge in [-0.05, 0) is 25.5 Å². The average molecular weight is 309 g/mol. The highest BCUT2D eigenvalue weighted by molar-refractivity contribution is 6.17. The van der Waals surface area contributed by atoms with Crippen molar-refractivity contribution in [2.24, 2.45) is 5.92 Å². The predicted molar refractivity (Wildman–Crippen MR) is 84.6 cm³/mol. The Balaban J connectivity index is 1.85. The number of alkyl halides is 1. The average Bonchev–Trinajstić information content (AvgIpc) is 2.85. The van der Waals surface area contributed by atoms with Crippen molar-refractivity contribution < 1.29 is 9.59 Å². The van der Waals surface area contributed by atoms with Crippen molar-refractivity contribution in [1.29, 1.82) is 0 Å². The summed E-state index contributed by atoms with van der Waals surface area (Å²) in [4.78, 5) is 25.4. The maximum atomic E-state index is 12.1. The van der Waals surface area contributed by atoms with Gasteiger partial charge in [0.2, 0.25) is 11.8 Å². The van der Waals surface area contributed by atoms with E-state index >= 15 is 0 Å². The van der Waals surface area contributed by atoms with Crippen molar-refractivity contribution in [1.82, 2.24) is 5.32 Å². The largest absolute Gasteiger partial charge is 0.356 e. The number of anilines is 1. The standard InChI is InChI=1S/C16H21ClN2O2/c1-12-4-6-14(7-5-12)19-11-13(9-16(19)21)10-18-15(20)3-2-8-17/h4-7,13H,2-3,8-11H2,1H3,(H,18,20). The molecular weight excluding hydrogens is 288 g/mol. The highest BCUT2D eigenvalue weighted by Gasteiger charge is 2.30. The number of aryl methyl sites for hydroxylation is 1. The number of benzene rings is 1. The quantitative estimate of drug-likeness (QED) is 0.821. The van der Waals surface area contributed by atoms with E-state index in [1.165, 1.54) is 5.56 Å². The number of rotatable bonds is 6. The monoisotopic (exact) mass is 308 g/mol. The summed E-state index contributed by atoms with van der Waals surface area (Å²) in [6, 6.07) is 7.94. The number of nitrogens with zero attached hydrogens (tertiary/aromatic N) is 1. The third-order valence-electron chi connectivity index (χ3n) is 3.68. The summed E-state index contributed by atoms with van der Waals surface area (Å²) >= 11 is 5.56. The molecule has 1 aliphatic rings. The van der Waals surface area contributed by atoms with Gasteiger partial charge in [0, 0.05) is 43.4 Å². The third kappa shape index (κ3) is 4.46. The van der Waals surface area contributed by atoms with Crippen LogP contribution < -0.4 is 10.2 Å². The minimum atomic E-state index is 0.0110.